The largest absolute Gasteiger partial charge is 0.466 e. The number of nitrogens with one attached hydrogen (secondary N) is 1. The second-order valence-electron chi connectivity index (χ2n) is 19.6. The summed E-state index contributed by atoms with van der Waals surface area (Å²) in [5, 5.41) is 22.9. The molecule has 0 aliphatic carbocycles. The summed E-state index contributed by atoms with van der Waals surface area (Å²) in [6.45, 7) is 4.80. The Kier molecular flexibility index (Phi) is 53.6. The van der Waals surface area contributed by atoms with Crippen molar-refractivity contribution in [2.75, 3.05) is 13.2 Å². The number of esters is 1. The maximum Gasteiger partial charge on any atom is 0.305 e. The van der Waals surface area contributed by atoms with E-state index in [1.165, 1.54) is 218 Å². The first-order valence-electron chi connectivity index (χ1n) is 28.9. The van der Waals surface area contributed by atoms with Gasteiger partial charge in [-0.1, -0.05) is 249 Å². The Bertz CT molecular complexity index is 1110. The molecule has 0 aromatic rings. The molecule has 2 atom stereocenters. The predicted octanol–water partition coefficient (Wildman–Crippen LogP) is 17.8. The second kappa shape index (κ2) is 55.4. The summed E-state index contributed by atoms with van der Waals surface area (Å²) in [5.41, 5.74) is 0. The Morgan fingerprint density at radius 1 is 0.424 bits per heavy atom. The first-order valence-corrected chi connectivity index (χ1v) is 28.9. The molecule has 386 valence electrons. The third-order valence-corrected chi connectivity index (χ3v) is 13.0. The average Bonchev–Trinajstić information content (AvgIpc) is 3.32. The van der Waals surface area contributed by atoms with Gasteiger partial charge in [-0.15, -0.1) is 0 Å². The summed E-state index contributed by atoms with van der Waals surface area (Å²) >= 11 is 0. The van der Waals surface area contributed by atoms with Gasteiger partial charge in [0.25, 0.3) is 0 Å². The molecule has 3 N–H and O–H groups in total. The number of hydrogen-bond acceptors (Lipinski definition) is 5. The van der Waals surface area contributed by atoms with E-state index in [0.717, 1.165) is 51.4 Å². The van der Waals surface area contributed by atoms with E-state index in [1.54, 1.807) is 6.08 Å². The van der Waals surface area contributed by atoms with Gasteiger partial charge in [-0.2, -0.15) is 0 Å². The lowest BCUT2D eigenvalue weighted by Gasteiger charge is -2.20. The van der Waals surface area contributed by atoms with Gasteiger partial charge in [0.2, 0.25) is 5.91 Å². The van der Waals surface area contributed by atoms with Crippen molar-refractivity contribution in [2.45, 2.75) is 309 Å². The summed E-state index contributed by atoms with van der Waals surface area (Å²) in [7, 11) is 0. The highest BCUT2D eigenvalue weighted by Gasteiger charge is 2.18. The molecular weight excluding hydrogens is 815 g/mol. The summed E-state index contributed by atoms with van der Waals surface area (Å²) < 4.78 is 5.46. The molecule has 66 heavy (non-hydrogen) atoms. The number of aliphatic hydroxyl groups is 2. The molecule has 0 saturated carbocycles. The molecule has 0 bridgehead atoms. The normalized spacial score (nSPS) is 13.0. The van der Waals surface area contributed by atoms with E-state index in [0.29, 0.717) is 19.4 Å². The topological polar surface area (TPSA) is 95.9 Å². The highest BCUT2D eigenvalue weighted by molar-refractivity contribution is 5.76. The minimum atomic E-state index is -0.843. The predicted molar refractivity (Wildman–Crippen MR) is 287 cm³/mol. The first kappa shape index (κ1) is 63.8. The molecule has 1 amide bonds. The zero-order valence-corrected chi connectivity index (χ0v) is 43.9. The number of unbranched alkanes of at least 4 members (excludes halogenated alkanes) is 36. The van der Waals surface area contributed by atoms with Crippen LogP contribution in [0.1, 0.15) is 296 Å². The van der Waals surface area contributed by atoms with Crippen LogP contribution in [0.2, 0.25) is 0 Å². The van der Waals surface area contributed by atoms with Crippen molar-refractivity contribution in [3.05, 3.63) is 48.6 Å². The van der Waals surface area contributed by atoms with Gasteiger partial charge in [0.1, 0.15) is 0 Å². The quantitative estimate of drug-likeness (QED) is 0.0321. The van der Waals surface area contributed by atoms with E-state index in [9.17, 15) is 19.8 Å². The van der Waals surface area contributed by atoms with Gasteiger partial charge >= 0.3 is 5.97 Å². The second-order valence-corrected chi connectivity index (χ2v) is 19.6. The molecule has 6 nitrogen and oxygen atoms in total. The number of amides is 1. The molecule has 2 unspecified atom stereocenters. The van der Waals surface area contributed by atoms with Crippen molar-refractivity contribution in [2.24, 2.45) is 0 Å². The summed E-state index contributed by atoms with van der Waals surface area (Å²) in [6, 6.07) is -0.627. The monoisotopic (exact) mass is 926 g/mol. The number of allylic oxidation sites excluding steroid dienone is 7. The maximum absolute atomic E-state index is 12.4. The van der Waals surface area contributed by atoms with Crippen molar-refractivity contribution in [3.8, 4) is 0 Å². The number of rotatable bonds is 53. The fraction of sp³-hybridized carbons (Fsp3) is 0.833. The standard InChI is InChI=1S/C60H111NO5/c1-3-5-7-9-11-13-14-30-34-38-42-46-50-54-60(65)66-55-51-47-43-39-35-32-29-27-25-23-21-19-17-15-16-18-20-22-24-26-28-31-33-37-41-45-49-53-59(64)61-57(56-62)58(63)52-48-44-40-36-12-10-8-6-4-2/h7,9,13-16,48,52,57-58,62-63H,3-6,8,10-12,17-47,49-51,53-56H2,1-2H3,(H,61,64)/b9-7-,14-13-,16-15-,52-48+. The van der Waals surface area contributed by atoms with Crippen molar-refractivity contribution in [1.82, 2.24) is 5.32 Å². The Morgan fingerprint density at radius 3 is 1.23 bits per heavy atom. The minimum Gasteiger partial charge on any atom is -0.466 e. The first-order chi connectivity index (χ1) is 32.5. The maximum atomic E-state index is 12.4. The molecule has 0 aromatic carbocycles. The van der Waals surface area contributed by atoms with Gasteiger partial charge < -0.3 is 20.3 Å². The number of carbonyl (C=O) groups excluding carboxylic acids is 2. The SMILES string of the molecule is CCC/C=C\C/C=C\CCCCCCCC(=O)OCCCCCCCCCCCCCC/C=C\CCCCCCCCCCCCCC(=O)NC(CO)C(O)/C=C/CCCCCCCCC. The zero-order chi connectivity index (χ0) is 47.9. The van der Waals surface area contributed by atoms with Crippen LogP contribution in [-0.4, -0.2) is 47.4 Å². The fourth-order valence-corrected chi connectivity index (χ4v) is 8.61. The van der Waals surface area contributed by atoms with Crippen LogP contribution in [0.15, 0.2) is 48.6 Å². The summed E-state index contributed by atoms with van der Waals surface area (Å²) in [5.74, 6) is -0.0735. The van der Waals surface area contributed by atoms with Gasteiger partial charge in [-0.05, 0) is 83.5 Å². The molecular formula is C60H111NO5. The van der Waals surface area contributed by atoms with Gasteiger partial charge in [-0.25, -0.2) is 0 Å². The highest BCUT2D eigenvalue weighted by Crippen LogP contribution is 2.16. The Balaban J connectivity index is 3.38. The van der Waals surface area contributed by atoms with Crippen molar-refractivity contribution < 1.29 is 24.5 Å². The van der Waals surface area contributed by atoms with Crippen LogP contribution in [0.3, 0.4) is 0 Å². The number of aliphatic hydroxyl groups excluding tert-OH is 2. The summed E-state index contributed by atoms with van der Waals surface area (Å²) in [4.78, 5) is 24.4. The van der Waals surface area contributed by atoms with Gasteiger partial charge in [-0.3, -0.25) is 9.59 Å². The lowest BCUT2D eigenvalue weighted by atomic mass is 10.0. The van der Waals surface area contributed by atoms with E-state index >= 15 is 0 Å². The number of ether oxygens (including phenoxy) is 1. The van der Waals surface area contributed by atoms with Crippen LogP contribution in [0.5, 0.6) is 0 Å². The lowest BCUT2D eigenvalue weighted by Crippen LogP contribution is -2.45. The van der Waals surface area contributed by atoms with Crippen LogP contribution < -0.4 is 5.32 Å². The lowest BCUT2D eigenvalue weighted by molar-refractivity contribution is -0.143. The van der Waals surface area contributed by atoms with Gasteiger partial charge in [0, 0.05) is 12.8 Å². The third kappa shape index (κ3) is 51.2. The highest BCUT2D eigenvalue weighted by atomic mass is 16.5. The van der Waals surface area contributed by atoms with Crippen LogP contribution in [-0.2, 0) is 14.3 Å². The van der Waals surface area contributed by atoms with E-state index in [1.807, 2.05) is 6.08 Å². The Morgan fingerprint density at radius 2 is 0.788 bits per heavy atom. The molecule has 0 fully saturated rings. The average molecular weight is 927 g/mol. The van der Waals surface area contributed by atoms with Crippen molar-refractivity contribution in [1.29, 1.82) is 0 Å². The molecule has 0 aliphatic heterocycles. The fourth-order valence-electron chi connectivity index (χ4n) is 8.61. The van der Waals surface area contributed by atoms with Gasteiger partial charge in [0.15, 0.2) is 0 Å². The third-order valence-electron chi connectivity index (χ3n) is 13.0. The van der Waals surface area contributed by atoms with Crippen molar-refractivity contribution >= 4 is 11.9 Å². The van der Waals surface area contributed by atoms with E-state index in [-0.39, 0.29) is 18.5 Å². The van der Waals surface area contributed by atoms with Crippen LogP contribution >= 0.6 is 0 Å². The molecule has 6 heteroatoms. The van der Waals surface area contributed by atoms with E-state index in [4.69, 9.17) is 4.74 Å². The smallest absolute Gasteiger partial charge is 0.305 e. The number of carbonyl (C=O) groups is 2. The Hall–Kier alpha value is -2.18. The molecule has 0 rings (SSSR count). The molecule has 0 radical (unpaired) electrons. The summed E-state index contributed by atoms with van der Waals surface area (Å²) in [6.07, 6.45) is 70.1. The molecule has 0 aromatic heterocycles. The van der Waals surface area contributed by atoms with E-state index in [2.05, 4.69) is 55.6 Å². The van der Waals surface area contributed by atoms with Crippen molar-refractivity contribution in [3.63, 3.8) is 0 Å². The Labute approximate surface area is 410 Å². The van der Waals surface area contributed by atoms with Crippen LogP contribution in [0.25, 0.3) is 0 Å². The van der Waals surface area contributed by atoms with Gasteiger partial charge in [0.05, 0.1) is 25.4 Å². The van der Waals surface area contributed by atoms with Crippen LogP contribution in [0.4, 0.5) is 0 Å². The zero-order valence-electron chi connectivity index (χ0n) is 43.9. The number of hydrogen-bond donors (Lipinski definition) is 3. The molecule has 0 aliphatic rings. The molecule has 0 heterocycles. The molecule has 0 spiro atoms. The van der Waals surface area contributed by atoms with Crippen LogP contribution in [0, 0.1) is 0 Å². The molecule has 0 saturated heterocycles. The van der Waals surface area contributed by atoms with E-state index < -0.39 is 12.1 Å². The minimum absolute atomic E-state index is 0.00144.